The van der Waals surface area contributed by atoms with E-state index in [0.717, 1.165) is 13.2 Å². The summed E-state index contributed by atoms with van der Waals surface area (Å²) in [5.41, 5.74) is 0. The Labute approximate surface area is 86.7 Å². The van der Waals surface area contributed by atoms with Crippen LogP contribution in [-0.2, 0) is 14.9 Å². The Kier molecular flexibility index (Phi) is 10.5. The molecule has 0 aromatic carbocycles. The molecule has 0 fully saturated rings. The molecule has 0 aliphatic rings. The maximum Gasteiger partial charge on any atom is 0.271 e. The van der Waals surface area contributed by atoms with Gasteiger partial charge < -0.3 is 4.74 Å². The topological polar surface area (TPSA) is 63.6 Å². The van der Waals surface area contributed by atoms with Gasteiger partial charge >= 0.3 is 0 Å². The number of ether oxygens (including phenoxy) is 1. The van der Waals surface area contributed by atoms with Crippen LogP contribution in [-0.4, -0.2) is 31.4 Å². The first-order valence-electron chi connectivity index (χ1n) is 4.60. The van der Waals surface area contributed by atoms with Crippen LogP contribution in [0.25, 0.3) is 0 Å². The fourth-order valence-corrected chi connectivity index (χ4v) is 1.37. The molecule has 5 heteroatoms. The Balaban J connectivity index is 0. The quantitative estimate of drug-likeness (QED) is 0.572. The fourth-order valence-electron chi connectivity index (χ4n) is 0.703. The van der Waals surface area contributed by atoms with E-state index in [0.29, 0.717) is 6.42 Å². The van der Waals surface area contributed by atoms with Crippen LogP contribution in [0.4, 0.5) is 0 Å². The van der Waals surface area contributed by atoms with Gasteiger partial charge in [0.25, 0.3) is 10.1 Å². The third kappa shape index (κ3) is 9.70. The van der Waals surface area contributed by atoms with Crippen molar-refractivity contribution in [3.05, 3.63) is 12.7 Å². The lowest BCUT2D eigenvalue weighted by Crippen LogP contribution is -2.15. The molecule has 0 aromatic heterocycles. The Morgan fingerprint density at radius 3 is 1.79 bits per heavy atom. The van der Waals surface area contributed by atoms with Crippen LogP contribution in [0.15, 0.2) is 12.7 Å². The second-order valence-corrected chi connectivity index (χ2v) is 4.11. The largest absolute Gasteiger partial charge is 0.382 e. The van der Waals surface area contributed by atoms with Crippen LogP contribution in [0.5, 0.6) is 0 Å². The van der Waals surface area contributed by atoms with Crippen LogP contribution in [0.2, 0.25) is 0 Å². The lowest BCUT2D eigenvalue weighted by molar-refractivity contribution is 0.162. The first-order chi connectivity index (χ1) is 6.43. The van der Waals surface area contributed by atoms with Gasteiger partial charge in [-0.1, -0.05) is 13.0 Å². The van der Waals surface area contributed by atoms with E-state index >= 15 is 0 Å². The summed E-state index contributed by atoms with van der Waals surface area (Å²) in [6.45, 7) is 10.6. The third-order valence-corrected chi connectivity index (χ3v) is 2.75. The van der Waals surface area contributed by atoms with Gasteiger partial charge in [-0.25, -0.2) is 0 Å². The Bertz CT molecular complexity index is 219. The molecule has 0 saturated carbocycles. The molecule has 14 heavy (non-hydrogen) atoms. The summed E-state index contributed by atoms with van der Waals surface area (Å²) >= 11 is 0. The lowest BCUT2D eigenvalue weighted by Gasteiger charge is -2.02. The summed E-state index contributed by atoms with van der Waals surface area (Å²) in [6.07, 6.45) is 1.58. The Hall–Kier alpha value is -0.390. The molecule has 4 nitrogen and oxygen atoms in total. The maximum atomic E-state index is 10.3. The minimum absolute atomic E-state index is 0.363. The van der Waals surface area contributed by atoms with Crippen molar-refractivity contribution >= 4 is 10.1 Å². The van der Waals surface area contributed by atoms with Crippen LogP contribution in [0.3, 0.4) is 0 Å². The zero-order chi connectivity index (χ0) is 11.6. The molecule has 0 radical (unpaired) electrons. The zero-order valence-electron chi connectivity index (χ0n) is 9.06. The van der Waals surface area contributed by atoms with Crippen molar-refractivity contribution in [2.24, 2.45) is 0 Å². The minimum atomic E-state index is -3.88. The number of hydrogen-bond acceptors (Lipinski definition) is 3. The minimum Gasteiger partial charge on any atom is -0.382 e. The highest BCUT2D eigenvalue weighted by molar-refractivity contribution is 7.86. The Morgan fingerprint density at radius 1 is 1.36 bits per heavy atom. The standard InChI is InChI=1S/C5H10O3S.C4H10O/c1-3-5(4-2)9(6,7)8;1-3-5-4-2/h3,5H,1,4H2,2H3,(H,6,7,8);3-4H2,1-2H3. The molecule has 0 bridgehead atoms. The van der Waals surface area contributed by atoms with E-state index in [-0.39, 0.29) is 0 Å². The SMILES string of the molecule is C=CC(CC)S(=O)(=O)O.CCOCC. The molecule has 86 valence electrons. The smallest absolute Gasteiger partial charge is 0.271 e. The van der Waals surface area contributed by atoms with E-state index in [2.05, 4.69) is 6.58 Å². The van der Waals surface area contributed by atoms with Gasteiger partial charge in [-0.15, -0.1) is 6.58 Å². The second kappa shape index (κ2) is 9.18. The summed E-state index contributed by atoms with van der Waals surface area (Å²) in [6, 6.07) is 0. The molecule has 0 aliphatic heterocycles. The van der Waals surface area contributed by atoms with E-state index in [9.17, 15) is 8.42 Å². The van der Waals surface area contributed by atoms with Crippen LogP contribution < -0.4 is 0 Å². The van der Waals surface area contributed by atoms with Crippen molar-refractivity contribution in [3.8, 4) is 0 Å². The van der Waals surface area contributed by atoms with Gasteiger partial charge in [-0.05, 0) is 20.3 Å². The van der Waals surface area contributed by atoms with Crippen molar-refractivity contribution in [2.75, 3.05) is 13.2 Å². The summed E-state index contributed by atoms with van der Waals surface area (Å²) in [4.78, 5) is 0. The average Bonchev–Trinajstić information content (AvgIpc) is 2.06. The molecule has 0 aromatic rings. The highest BCUT2D eigenvalue weighted by atomic mass is 32.2. The van der Waals surface area contributed by atoms with Crippen molar-refractivity contribution in [2.45, 2.75) is 32.4 Å². The highest BCUT2D eigenvalue weighted by Gasteiger charge is 2.15. The molecule has 0 spiro atoms. The second-order valence-electron chi connectivity index (χ2n) is 2.48. The summed E-state index contributed by atoms with van der Waals surface area (Å²) in [5, 5.41) is -0.808. The first kappa shape index (κ1) is 16.1. The highest BCUT2D eigenvalue weighted by Crippen LogP contribution is 2.03. The molecule has 0 rings (SSSR count). The molecule has 1 N–H and O–H groups in total. The van der Waals surface area contributed by atoms with E-state index < -0.39 is 15.4 Å². The summed E-state index contributed by atoms with van der Waals surface area (Å²) in [5.74, 6) is 0. The fraction of sp³-hybridized carbons (Fsp3) is 0.778. The molecular formula is C9H20O4S. The predicted octanol–water partition coefficient (Wildman–Crippen LogP) is 1.88. The Morgan fingerprint density at radius 2 is 1.79 bits per heavy atom. The van der Waals surface area contributed by atoms with E-state index in [1.807, 2.05) is 13.8 Å². The van der Waals surface area contributed by atoms with Gasteiger partial charge in [0.05, 0.1) is 0 Å². The van der Waals surface area contributed by atoms with Gasteiger partial charge in [0.2, 0.25) is 0 Å². The normalized spacial score (nSPS) is 12.6. The third-order valence-electron chi connectivity index (χ3n) is 1.46. The molecule has 0 heterocycles. The van der Waals surface area contributed by atoms with Crippen LogP contribution in [0.1, 0.15) is 27.2 Å². The predicted molar refractivity (Wildman–Crippen MR) is 58.0 cm³/mol. The first-order valence-corrected chi connectivity index (χ1v) is 6.10. The average molecular weight is 224 g/mol. The summed E-state index contributed by atoms with van der Waals surface area (Å²) in [7, 11) is -3.88. The maximum absolute atomic E-state index is 10.3. The van der Waals surface area contributed by atoms with Crippen molar-refractivity contribution in [1.82, 2.24) is 0 Å². The van der Waals surface area contributed by atoms with Crippen molar-refractivity contribution in [1.29, 1.82) is 0 Å². The monoisotopic (exact) mass is 224 g/mol. The van der Waals surface area contributed by atoms with Gasteiger partial charge in [0.15, 0.2) is 0 Å². The van der Waals surface area contributed by atoms with Crippen molar-refractivity contribution < 1.29 is 17.7 Å². The van der Waals surface area contributed by atoms with Gasteiger partial charge in [-0.3, -0.25) is 4.55 Å². The molecular weight excluding hydrogens is 204 g/mol. The van der Waals surface area contributed by atoms with Crippen LogP contribution in [0, 0.1) is 0 Å². The van der Waals surface area contributed by atoms with Gasteiger partial charge in [0, 0.05) is 13.2 Å². The van der Waals surface area contributed by atoms with Crippen LogP contribution >= 0.6 is 0 Å². The molecule has 0 saturated heterocycles. The number of rotatable bonds is 5. The molecule has 0 amide bonds. The van der Waals surface area contributed by atoms with Crippen molar-refractivity contribution in [3.63, 3.8) is 0 Å². The van der Waals surface area contributed by atoms with Gasteiger partial charge in [-0.2, -0.15) is 8.42 Å². The summed E-state index contributed by atoms with van der Waals surface area (Å²) < 4.78 is 33.8. The molecule has 0 aliphatic carbocycles. The molecule has 1 unspecified atom stereocenters. The van der Waals surface area contributed by atoms with E-state index in [4.69, 9.17) is 9.29 Å². The molecule has 1 atom stereocenters. The van der Waals surface area contributed by atoms with Gasteiger partial charge in [0.1, 0.15) is 5.25 Å². The zero-order valence-corrected chi connectivity index (χ0v) is 9.88. The van der Waals surface area contributed by atoms with E-state index in [1.165, 1.54) is 6.08 Å². The lowest BCUT2D eigenvalue weighted by atomic mass is 10.3. The van der Waals surface area contributed by atoms with E-state index in [1.54, 1.807) is 6.92 Å². The number of hydrogen-bond donors (Lipinski definition) is 1.